The maximum Gasteiger partial charge on any atom is 0.280 e. The van der Waals surface area contributed by atoms with Crippen LogP contribution in [0.2, 0.25) is 0 Å². The quantitative estimate of drug-likeness (QED) is 0.603. The molecule has 0 spiro atoms. The van der Waals surface area contributed by atoms with Crippen molar-refractivity contribution in [3.8, 4) is 10.7 Å². The summed E-state index contributed by atoms with van der Waals surface area (Å²) in [5.41, 5.74) is 4.47. The van der Waals surface area contributed by atoms with Crippen molar-refractivity contribution < 1.29 is 4.79 Å². The van der Waals surface area contributed by atoms with Crippen molar-refractivity contribution in [3.63, 3.8) is 0 Å². The molecule has 0 aliphatic heterocycles. The Morgan fingerprint density at radius 1 is 1.08 bits per heavy atom. The van der Waals surface area contributed by atoms with Crippen LogP contribution >= 0.6 is 11.3 Å². The summed E-state index contributed by atoms with van der Waals surface area (Å²) in [5, 5.41) is 2.36. The number of carbonyl (C=O) groups is 1. The molecule has 0 aliphatic carbocycles. The van der Waals surface area contributed by atoms with E-state index in [-0.39, 0.29) is 11.5 Å². The lowest BCUT2D eigenvalue weighted by Crippen LogP contribution is -2.35. The number of benzene rings is 2. The third kappa shape index (κ3) is 2.91. The van der Waals surface area contributed by atoms with Gasteiger partial charge in [0.2, 0.25) is 0 Å². The summed E-state index contributed by atoms with van der Waals surface area (Å²) in [6.45, 7) is 1.91. The lowest BCUT2D eigenvalue weighted by Gasteiger charge is -2.13. The highest BCUT2D eigenvalue weighted by Gasteiger charge is 2.16. The highest BCUT2D eigenvalue weighted by molar-refractivity contribution is 7.13. The molecule has 2 aromatic carbocycles. The normalized spacial score (nSPS) is 10.8. The zero-order valence-electron chi connectivity index (χ0n) is 14.0. The van der Waals surface area contributed by atoms with Crippen molar-refractivity contribution in [1.82, 2.24) is 9.66 Å². The van der Waals surface area contributed by atoms with Crippen molar-refractivity contribution in [3.05, 3.63) is 87.5 Å². The molecule has 4 aromatic rings. The molecule has 2 aromatic heterocycles. The van der Waals surface area contributed by atoms with Gasteiger partial charge in [0, 0.05) is 5.56 Å². The molecular weight excluding hydrogens is 346 g/mol. The lowest BCUT2D eigenvalue weighted by molar-refractivity contribution is 0.101. The molecule has 26 heavy (non-hydrogen) atoms. The van der Waals surface area contributed by atoms with Gasteiger partial charge in [0.1, 0.15) is 0 Å². The molecule has 0 saturated carbocycles. The van der Waals surface area contributed by atoms with Gasteiger partial charge >= 0.3 is 0 Å². The van der Waals surface area contributed by atoms with E-state index in [0.717, 1.165) is 10.4 Å². The molecule has 4 rings (SSSR count). The number of fused-ring (bicyclic) bond motifs is 1. The highest BCUT2D eigenvalue weighted by Crippen LogP contribution is 2.23. The molecule has 1 amide bonds. The molecule has 0 radical (unpaired) electrons. The molecule has 0 bridgehead atoms. The average molecular weight is 361 g/mol. The van der Waals surface area contributed by atoms with Crippen molar-refractivity contribution >= 4 is 28.1 Å². The van der Waals surface area contributed by atoms with Crippen LogP contribution in [0.15, 0.2) is 70.8 Å². The molecule has 0 unspecified atom stereocenters. The van der Waals surface area contributed by atoms with Gasteiger partial charge in [-0.15, -0.1) is 11.3 Å². The molecule has 128 valence electrons. The first-order valence-corrected chi connectivity index (χ1v) is 8.95. The van der Waals surface area contributed by atoms with Crippen LogP contribution < -0.4 is 11.0 Å². The van der Waals surface area contributed by atoms with Gasteiger partial charge in [0.25, 0.3) is 11.5 Å². The van der Waals surface area contributed by atoms with E-state index in [4.69, 9.17) is 0 Å². The molecule has 1 N–H and O–H groups in total. The number of amides is 1. The maximum absolute atomic E-state index is 13.0. The van der Waals surface area contributed by atoms with E-state index in [2.05, 4.69) is 10.4 Å². The minimum atomic E-state index is -0.356. The zero-order chi connectivity index (χ0) is 18.1. The number of nitrogens with one attached hydrogen (secondary N) is 1. The number of aromatic nitrogens is 2. The molecule has 0 fully saturated rings. The van der Waals surface area contributed by atoms with Crippen LogP contribution in [0, 0.1) is 6.92 Å². The van der Waals surface area contributed by atoms with Crippen LogP contribution in [0.25, 0.3) is 21.6 Å². The number of thiophene rings is 1. The van der Waals surface area contributed by atoms with E-state index in [1.54, 1.807) is 30.3 Å². The fourth-order valence-electron chi connectivity index (χ4n) is 2.76. The first-order chi connectivity index (χ1) is 12.6. The molecule has 2 heterocycles. The summed E-state index contributed by atoms with van der Waals surface area (Å²) >= 11 is 1.46. The van der Waals surface area contributed by atoms with Gasteiger partial charge < -0.3 is 0 Å². The van der Waals surface area contributed by atoms with E-state index in [0.29, 0.717) is 22.3 Å². The van der Waals surface area contributed by atoms with Crippen LogP contribution in [0.1, 0.15) is 15.9 Å². The molecule has 5 nitrogen and oxygen atoms in total. The van der Waals surface area contributed by atoms with Gasteiger partial charge in [-0.3, -0.25) is 15.0 Å². The van der Waals surface area contributed by atoms with Gasteiger partial charge in [-0.2, -0.15) is 4.68 Å². The average Bonchev–Trinajstić information content (AvgIpc) is 3.18. The van der Waals surface area contributed by atoms with E-state index >= 15 is 0 Å². The Morgan fingerprint density at radius 2 is 1.92 bits per heavy atom. The van der Waals surface area contributed by atoms with Gasteiger partial charge in [-0.25, -0.2) is 4.98 Å². The molecule has 0 saturated heterocycles. The summed E-state index contributed by atoms with van der Waals surface area (Å²) in [6, 6.07) is 18.1. The molecule has 0 aliphatic rings. The van der Waals surface area contributed by atoms with Crippen molar-refractivity contribution in [2.75, 3.05) is 5.43 Å². The standard InChI is InChI=1S/C20H15N3O2S/c1-13-6-4-7-14(12-13)19(24)22-23-18(17-10-5-11-26-17)21-16-9-3-2-8-15(16)20(23)25/h2-12H,1H3,(H,22,24). The lowest BCUT2D eigenvalue weighted by atomic mass is 10.1. The smallest absolute Gasteiger partial charge is 0.267 e. The van der Waals surface area contributed by atoms with Crippen molar-refractivity contribution in [2.45, 2.75) is 6.92 Å². The minimum absolute atomic E-state index is 0.306. The Bertz CT molecular complexity index is 1160. The first kappa shape index (κ1) is 16.2. The predicted molar refractivity (Wildman–Crippen MR) is 104 cm³/mol. The Hall–Kier alpha value is -3.25. The van der Waals surface area contributed by atoms with Crippen LogP contribution in [0.4, 0.5) is 0 Å². The Balaban J connectivity index is 1.88. The van der Waals surface area contributed by atoms with Gasteiger partial charge in [-0.1, -0.05) is 35.9 Å². The summed E-state index contributed by atoms with van der Waals surface area (Å²) in [6.07, 6.45) is 0. The van der Waals surface area contributed by atoms with Gasteiger partial charge in [-0.05, 0) is 42.6 Å². The Kier molecular flexibility index (Phi) is 4.10. The number of carbonyl (C=O) groups excluding carboxylic acids is 1. The first-order valence-electron chi connectivity index (χ1n) is 8.07. The maximum atomic E-state index is 13.0. The fraction of sp³-hybridized carbons (Fsp3) is 0.0500. The van der Waals surface area contributed by atoms with E-state index in [1.165, 1.54) is 16.0 Å². The second-order valence-corrected chi connectivity index (χ2v) is 6.83. The van der Waals surface area contributed by atoms with Gasteiger partial charge in [0.05, 0.1) is 15.8 Å². The van der Waals surface area contributed by atoms with Crippen LogP contribution in [-0.4, -0.2) is 15.6 Å². The van der Waals surface area contributed by atoms with Crippen molar-refractivity contribution in [2.24, 2.45) is 0 Å². The second-order valence-electron chi connectivity index (χ2n) is 5.88. The molecular formula is C20H15N3O2S. The number of hydrogen-bond donors (Lipinski definition) is 1. The zero-order valence-corrected chi connectivity index (χ0v) is 14.8. The van der Waals surface area contributed by atoms with Crippen LogP contribution in [0.5, 0.6) is 0 Å². The predicted octanol–water partition coefficient (Wildman–Crippen LogP) is 3.82. The Morgan fingerprint density at radius 3 is 2.69 bits per heavy atom. The van der Waals surface area contributed by atoms with Crippen LogP contribution in [-0.2, 0) is 0 Å². The molecule has 0 atom stereocenters. The monoisotopic (exact) mass is 361 g/mol. The number of para-hydroxylation sites is 1. The third-order valence-corrected chi connectivity index (χ3v) is 4.88. The van der Waals surface area contributed by atoms with Gasteiger partial charge in [0.15, 0.2) is 5.82 Å². The second kappa shape index (κ2) is 6.57. The largest absolute Gasteiger partial charge is 0.280 e. The fourth-order valence-corrected chi connectivity index (χ4v) is 3.46. The van der Waals surface area contributed by atoms with E-state index in [9.17, 15) is 9.59 Å². The van der Waals surface area contributed by atoms with E-state index in [1.807, 2.05) is 42.6 Å². The summed E-state index contributed by atoms with van der Waals surface area (Å²) in [4.78, 5) is 31.1. The van der Waals surface area contributed by atoms with E-state index < -0.39 is 0 Å². The summed E-state index contributed by atoms with van der Waals surface area (Å²) in [7, 11) is 0. The highest BCUT2D eigenvalue weighted by atomic mass is 32.1. The Labute approximate surface area is 153 Å². The third-order valence-electron chi connectivity index (χ3n) is 4.01. The van der Waals surface area contributed by atoms with Crippen molar-refractivity contribution in [1.29, 1.82) is 0 Å². The topological polar surface area (TPSA) is 64.0 Å². The summed E-state index contributed by atoms with van der Waals surface area (Å²) in [5.74, 6) is 0.0652. The number of rotatable bonds is 3. The number of aryl methyl sites for hydroxylation is 1. The van der Waals surface area contributed by atoms with Crippen LogP contribution in [0.3, 0.4) is 0 Å². The number of nitrogens with zero attached hydrogens (tertiary/aromatic N) is 2. The molecule has 6 heteroatoms. The minimum Gasteiger partial charge on any atom is -0.267 e. The SMILES string of the molecule is Cc1cccc(C(=O)Nn2c(-c3cccs3)nc3ccccc3c2=O)c1. The summed E-state index contributed by atoms with van der Waals surface area (Å²) < 4.78 is 1.23. The number of hydrogen-bond acceptors (Lipinski definition) is 4.